The molecule has 0 saturated heterocycles. The van der Waals surface area contributed by atoms with Crippen LogP contribution < -0.4 is 4.84 Å². The molecule has 1 aromatic heterocycles. The summed E-state index contributed by atoms with van der Waals surface area (Å²) in [7, 11) is 0. The van der Waals surface area contributed by atoms with Crippen LogP contribution in [0.5, 0.6) is 11.8 Å². The minimum Gasteiger partial charge on any atom is -0.492 e. The third kappa shape index (κ3) is 4.76. The molecular weight excluding hydrogens is 278 g/mol. The fourth-order valence-electron chi connectivity index (χ4n) is 1.02. The zero-order chi connectivity index (χ0) is 15.1. The van der Waals surface area contributed by atoms with Gasteiger partial charge in [0, 0.05) is 12.1 Å². The second-order valence-corrected chi connectivity index (χ2v) is 3.36. The van der Waals surface area contributed by atoms with E-state index in [1.165, 1.54) is 0 Å². The molecule has 0 aliphatic carbocycles. The summed E-state index contributed by atoms with van der Waals surface area (Å²) in [5.41, 5.74) is 0. The predicted octanol–water partition coefficient (Wildman–Crippen LogP) is -0.170. The number of aromatic hydroxyl groups is 2. The normalized spacial score (nSPS) is 9.80. The third-order valence-corrected chi connectivity index (χ3v) is 1.90. The van der Waals surface area contributed by atoms with Crippen LogP contribution in [0.25, 0.3) is 0 Å². The van der Waals surface area contributed by atoms with Gasteiger partial charge < -0.3 is 24.8 Å². The first-order chi connectivity index (χ1) is 9.40. The molecule has 0 spiro atoms. The van der Waals surface area contributed by atoms with Gasteiger partial charge in [-0.05, 0) is 0 Å². The maximum atomic E-state index is 11.1. The fourth-order valence-corrected chi connectivity index (χ4v) is 1.02. The number of esters is 1. The van der Waals surface area contributed by atoms with Crippen molar-refractivity contribution >= 4 is 18.1 Å². The molecule has 0 atom stereocenters. The number of nitrogens with zero attached hydrogens (tertiary/aromatic N) is 1. The summed E-state index contributed by atoms with van der Waals surface area (Å²) in [6.45, 7) is -0.792. The first-order valence-corrected chi connectivity index (χ1v) is 5.22. The maximum absolute atomic E-state index is 11.1. The highest BCUT2D eigenvalue weighted by Gasteiger charge is 2.14. The van der Waals surface area contributed by atoms with E-state index in [1.54, 1.807) is 0 Å². The van der Waals surface area contributed by atoms with Gasteiger partial charge in [-0.15, -0.1) is 4.73 Å². The Hall–Kier alpha value is -2.91. The molecule has 1 rings (SSSR count). The Morgan fingerprint density at radius 2 is 1.65 bits per heavy atom. The van der Waals surface area contributed by atoms with Crippen molar-refractivity contribution < 1.29 is 44.0 Å². The molecule has 0 amide bonds. The van der Waals surface area contributed by atoms with Crippen LogP contribution in [0.15, 0.2) is 12.1 Å². The van der Waals surface area contributed by atoms with Gasteiger partial charge in [-0.1, -0.05) is 0 Å². The smallest absolute Gasteiger partial charge is 0.492 e. The van der Waals surface area contributed by atoms with Crippen LogP contribution in [0.1, 0.15) is 12.8 Å². The number of carboxylic acids is 1. The average Bonchev–Trinajstić information content (AvgIpc) is 2.68. The predicted molar refractivity (Wildman–Crippen MR) is 58.7 cm³/mol. The van der Waals surface area contributed by atoms with Gasteiger partial charge in [0.05, 0.1) is 12.8 Å². The Kier molecular flexibility index (Phi) is 5.21. The lowest BCUT2D eigenvalue weighted by atomic mass is 10.3. The van der Waals surface area contributed by atoms with Crippen LogP contribution in [0, 0.1) is 0 Å². The van der Waals surface area contributed by atoms with E-state index >= 15 is 0 Å². The zero-order valence-electron chi connectivity index (χ0n) is 10.0. The largest absolute Gasteiger partial charge is 0.536 e. The summed E-state index contributed by atoms with van der Waals surface area (Å²) in [4.78, 5) is 36.6. The molecule has 0 saturated carbocycles. The van der Waals surface area contributed by atoms with E-state index in [4.69, 9.17) is 15.3 Å². The first-order valence-electron chi connectivity index (χ1n) is 5.22. The van der Waals surface area contributed by atoms with Crippen molar-refractivity contribution in [3.8, 4) is 11.8 Å². The Labute approximate surface area is 111 Å². The van der Waals surface area contributed by atoms with Crippen molar-refractivity contribution in [2.24, 2.45) is 0 Å². The van der Waals surface area contributed by atoms with Crippen molar-refractivity contribution in [2.75, 3.05) is 6.79 Å². The molecule has 1 heterocycles. The number of carboxylic acid groups (broad SMARTS) is 1. The highest BCUT2D eigenvalue weighted by molar-refractivity contribution is 5.76. The molecule has 0 bridgehead atoms. The van der Waals surface area contributed by atoms with E-state index in [-0.39, 0.29) is 6.42 Å². The Bertz CT molecular complexity index is 487. The van der Waals surface area contributed by atoms with E-state index in [9.17, 15) is 14.4 Å². The van der Waals surface area contributed by atoms with Gasteiger partial charge in [0.15, 0.2) is 0 Å². The summed E-state index contributed by atoms with van der Waals surface area (Å²) in [5.74, 6) is -3.12. The maximum Gasteiger partial charge on any atom is 0.536 e. The number of carbonyl (C=O) groups excluding carboxylic acids is 2. The van der Waals surface area contributed by atoms with Crippen molar-refractivity contribution in [2.45, 2.75) is 12.8 Å². The molecule has 0 radical (unpaired) electrons. The topological polar surface area (TPSA) is 145 Å². The number of carbonyl (C=O) groups is 3. The van der Waals surface area contributed by atoms with Crippen LogP contribution >= 0.6 is 0 Å². The molecule has 0 aromatic carbocycles. The summed E-state index contributed by atoms with van der Waals surface area (Å²) in [6, 6.07) is 2.13. The van der Waals surface area contributed by atoms with Gasteiger partial charge in [-0.3, -0.25) is 14.4 Å². The van der Waals surface area contributed by atoms with Crippen molar-refractivity contribution in [1.82, 2.24) is 4.73 Å². The Morgan fingerprint density at radius 3 is 2.20 bits per heavy atom. The number of ether oxygens (including phenoxy) is 2. The molecule has 0 unspecified atom stereocenters. The molecule has 10 heteroatoms. The highest BCUT2D eigenvalue weighted by atomic mass is 16.8. The SMILES string of the molecule is O=C(O)CCC(=O)OCOC(=O)On1c(O)ccc1O. The lowest BCUT2D eigenvalue weighted by Gasteiger charge is -2.07. The van der Waals surface area contributed by atoms with Gasteiger partial charge in [-0.25, -0.2) is 4.79 Å². The van der Waals surface area contributed by atoms with Gasteiger partial charge in [0.1, 0.15) is 0 Å². The summed E-state index contributed by atoms with van der Waals surface area (Å²) in [5, 5.41) is 26.6. The molecule has 20 heavy (non-hydrogen) atoms. The molecular formula is C10H11NO9. The van der Waals surface area contributed by atoms with Crippen LogP contribution in [-0.2, 0) is 19.1 Å². The molecule has 0 aliphatic heterocycles. The van der Waals surface area contributed by atoms with Gasteiger partial charge in [-0.2, -0.15) is 0 Å². The minimum absolute atomic E-state index is 0.368. The number of hydrogen-bond donors (Lipinski definition) is 3. The van der Waals surface area contributed by atoms with Gasteiger partial charge in [0.25, 0.3) is 0 Å². The van der Waals surface area contributed by atoms with Crippen LogP contribution in [0.2, 0.25) is 0 Å². The van der Waals surface area contributed by atoms with E-state index in [2.05, 4.69) is 14.3 Å². The van der Waals surface area contributed by atoms with Crippen LogP contribution in [0.3, 0.4) is 0 Å². The summed E-state index contributed by atoms with van der Waals surface area (Å²) in [6.07, 6.45) is -2.13. The summed E-state index contributed by atoms with van der Waals surface area (Å²) >= 11 is 0. The number of hydrogen-bond acceptors (Lipinski definition) is 8. The van der Waals surface area contributed by atoms with E-state index < -0.39 is 43.1 Å². The van der Waals surface area contributed by atoms with Gasteiger partial charge in [0.2, 0.25) is 18.6 Å². The molecule has 1 aromatic rings. The van der Waals surface area contributed by atoms with E-state index in [1.807, 2.05) is 0 Å². The summed E-state index contributed by atoms with van der Waals surface area (Å²) < 4.78 is 9.07. The molecule has 0 aliphatic rings. The first kappa shape index (κ1) is 15.1. The third-order valence-electron chi connectivity index (χ3n) is 1.90. The lowest BCUT2D eigenvalue weighted by Crippen LogP contribution is -2.22. The van der Waals surface area contributed by atoms with Gasteiger partial charge >= 0.3 is 18.1 Å². The van der Waals surface area contributed by atoms with Crippen LogP contribution in [0.4, 0.5) is 4.79 Å². The Morgan fingerprint density at radius 1 is 1.05 bits per heavy atom. The second kappa shape index (κ2) is 6.87. The molecule has 0 fully saturated rings. The van der Waals surface area contributed by atoms with Crippen molar-refractivity contribution in [3.63, 3.8) is 0 Å². The highest BCUT2D eigenvalue weighted by Crippen LogP contribution is 2.18. The monoisotopic (exact) mass is 289 g/mol. The lowest BCUT2D eigenvalue weighted by molar-refractivity contribution is -0.155. The average molecular weight is 289 g/mol. The standard InChI is InChI=1S/C10H11NO9/c12-6-1-2-7(13)11(6)20-10(17)19-5-18-9(16)4-3-8(14)15/h1-2,12-13H,3-5H2,(H,14,15). The number of rotatable bonds is 6. The van der Waals surface area contributed by atoms with Crippen molar-refractivity contribution in [1.29, 1.82) is 0 Å². The number of aromatic nitrogens is 1. The fraction of sp³-hybridized carbons (Fsp3) is 0.300. The van der Waals surface area contributed by atoms with E-state index in [0.717, 1.165) is 12.1 Å². The van der Waals surface area contributed by atoms with E-state index in [0.29, 0.717) is 4.73 Å². The van der Waals surface area contributed by atoms with Crippen LogP contribution in [-0.4, -0.2) is 44.9 Å². The molecule has 110 valence electrons. The number of aliphatic carboxylic acids is 1. The zero-order valence-corrected chi connectivity index (χ0v) is 10.0. The molecule has 3 N–H and O–H groups in total. The molecule has 10 nitrogen and oxygen atoms in total. The second-order valence-electron chi connectivity index (χ2n) is 3.36. The van der Waals surface area contributed by atoms with Crippen molar-refractivity contribution in [3.05, 3.63) is 12.1 Å². The quantitative estimate of drug-likeness (QED) is 0.480. The Balaban J connectivity index is 2.27. The minimum atomic E-state index is -1.35.